The Morgan fingerprint density at radius 2 is 2.00 bits per heavy atom. The Balaban J connectivity index is 1.36. The number of aromatic amines is 1. The van der Waals surface area contributed by atoms with Crippen LogP contribution in [0.1, 0.15) is 16.2 Å². The van der Waals surface area contributed by atoms with E-state index in [4.69, 9.17) is 9.47 Å². The molecule has 27 heavy (non-hydrogen) atoms. The standard InChI is InChI=1S/C18H21N5O4/c1-26-14-2-3-15-12(9-14)8-13(10-27-15)17(24)22-4-6-23(7-5-22)18(25)16-19-11-20-21-16/h2-3,9,11,13H,4-8,10H2,1H3,(H,19,20,21). The summed E-state index contributed by atoms with van der Waals surface area (Å²) < 4.78 is 11.0. The van der Waals surface area contributed by atoms with Gasteiger partial charge in [0, 0.05) is 26.2 Å². The van der Waals surface area contributed by atoms with Gasteiger partial charge in [0.2, 0.25) is 11.7 Å². The molecule has 0 radical (unpaired) electrons. The molecule has 142 valence electrons. The maximum atomic E-state index is 12.9. The molecule has 1 saturated heterocycles. The maximum absolute atomic E-state index is 12.9. The minimum Gasteiger partial charge on any atom is -0.497 e. The third-order valence-corrected chi connectivity index (χ3v) is 5.02. The van der Waals surface area contributed by atoms with Crippen LogP contribution < -0.4 is 9.47 Å². The van der Waals surface area contributed by atoms with Gasteiger partial charge in [-0.3, -0.25) is 14.7 Å². The van der Waals surface area contributed by atoms with E-state index in [-0.39, 0.29) is 23.6 Å². The molecular formula is C18H21N5O4. The Bertz CT molecular complexity index is 830. The molecule has 4 rings (SSSR count). The van der Waals surface area contributed by atoms with Crippen molar-refractivity contribution in [3.63, 3.8) is 0 Å². The molecule has 9 heteroatoms. The highest BCUT2D eigenvalue weighted by molar-refractivity contribution is 5.90. The third kappa shape index (κ3) is 3.44. The molecule has 0 bridgehead atoms. The fourth-order valence-electron chi connectivity index (χ4n) is 3.50. The topological polar surface area (TPSA) is 101 Å². The molecule has 9 nitrogen and oxygen atoms in total. The first-order chi connectivity index (χ1) is 13.2. The van der Waals surface area contributed by atoms with E-state index in [0.717, 1.165) is 17.1 Å². The van der Waals surface area contributed by atoms with E-state index in [9.17, 15) is 9.59 Å². The molecule has 2 aliphatic heterocycles. The van der Waals surface area contributed by atoms with E-state index in [1.807, 2.05) is 23.1 Å². The molecule has 0 aliphatic carbocycles. The van der Waals surface area contributed by atoms with E-state index in [1.54, 1.807) is 12.0 Å². The summed E-state index contributed by atoms with van der Waals surface area (Å²) in [6.07, 6.45) is 1.94. The monoisotopic (exact) mass is 371 g/mol. The van der Waals surface area contributed by atoms with Gasteiger partial charge in [0.25, 0.3) is 5.91 Å². The first kappa shape index (κ1) is 17.3. The van der Waals surface area contributed by atoms with Gasteiger partial charge in [0.1, 0.15) is 24.4 Å². The number of H-pyrrole nitrogens is 1. The summed E-state index contributed by atoms with van der Waals surface area (Å²) in [6, 6.07) is 5.65. The Kier molecular flexibility index (Phi) is 4.66. The van der Waals surface area contributed by atoms with Gasteiger partial charge in [-0.2, -0.15) is 5.10 Å². The second-order valence-corrected chi connectivity index (χ2v) is 6.64. The highest BCUT2D eigenvalue weighted by Crippen LogP contribution is 2.31. The lowest BCUT2D eigenvalue weighted by Crippen LogP contribution is -2.53. The number of nitrogens with zero attached hydrogens (tertiary/aromatic N) is 4. The number of nitrogens with one attached hydrogen (secondary N) is 1. The molecule has 0 saturated carbocycles. The van der Waals surface area contributed by atoms with Crippen molar-refractivity contribution in [1.29, 1.82) is 0 Å². The molecule has 0 spiro atoms. The van der Waals surface area contributed by atoms with Crippen LogP contribution in [0.2, 0.25) is 0 Å². The van der Waals surface area contributed by atoms with Gasteiger partial charge in [-0.25, -0.2) is 4.98 Å². The van der Waals surface area contributed by atoms with E-state index in [2.05, 4.69) is 15.2 Å². The number of carbonyl (C=O) groups is 2. The van der Waals surface area contributed by atoms with Crippen molar-refractivity contribution in [2.24, 2.45) is 5.92 Å². The second-order valence-electron chi connectivity index (χ2n) is 6.64. The van der Waals surface area contributed by atoms with E-state index >= 15 is 0 Å². The summed E-state index contributed by atoms with van der Waals surface area (Å²) in [5.41, 5.74) is 0.984. The zero-order valence-electron chi connectivity index (χ0n) is 15.1. The highest BCUT2D eigenvalue weighted by atomic mass is 16.5. The Morgan fingerprint density at radius 1 is 1.22 bits per heavy atom. The Hall–Kier alpha value is -3.10. The predicted molar refractivity (Wildman–Crippen MR) is 94.5 cm³/mol. The van der Waals surface area contributed by atoms with Crippen LogP contribution in [0.5, 0.6) is 11.5 Å². The molecule has 2 aliphatic rings. The van der Waals surface area contributed by atoms with E-state index in [0.29, 0.717) is 39.2 Å². The predicted octanol–water partition coefficient (Wildman–Crippen LogP) is 0.349. The number of hydrogen-bond donors (Lipinski definition) is 1. The number of rotatable bonds is 3. The molecule has 1 atom stereocenters. The summed E-state index contributed by atoms with van der Waals surface area (Å²) >= 11 is 0. The lowest BCUT2D eigenvalue weighted by Gasteiger charge is -2.37. The van der Waals surface area contributed by atoms with Crippen molar-refractivity contribution in [3.05, 3.63) is 35.9 Å². The fraction of sp³-hybridized carbons (Fsp3) is 0.444. The smallest absolute Gasteiger partial charge is 0.291 e. The van der Waals surface area contributed by atoms with Crippen molar-refractivity contribution >= 4 is 11.8 Å². The van der Waals surface area contributed by atoms with Crippen LogP contribution in [0.15, 0.2) is 24.5 Å². The lowest BCUT2D eigenvalue weighted by molar-refractivity contribution is -0.138. The number of methoxy groups -OCH3 is 1. The number of piperazine rings is 1. The van der Waals surface area contributed by atoms with Crippen LogP contribution in [0.3, 0.4) is 0 Å². The average Bonchev–Trinajstić information content (AvgIpc) is 3.27. The van der Waals surface area contributed by atoms with Crippen molar-refractivity contribution in [1.82, 2.24) is 25.0 Å². The van der Waals surface area contributed by atoms with Crippen LogP contribution in [0.25, 0.3) is 0 Å². The molecule has 3 heterocycles. The van der Waals surface area contributed by atoms with Crippen molar-refractivity contribution < 1.29 is 19.1 Å². The SMILES string of the molecule is COc1ccc2c(c1)CC(C(=O)N1CCN(C(=O)c3ncn[nH]3)CC1)CO2. The molecule has 2 amide bonds. The number of ether oxygens (including phenoxy) is 2. The van der Waals surface area contributed by atoms with Crippen LogP contribution >= 0.6 is 0 Å². The normalized spacial score (nSPS) is 19.2. The number of hydrogen-bond acceptors (Lipinski definition) is 6. The number of benzene rings is 1. The number of carbonyl (C=O) groups excluding carboxylic acids is 2. The molecule has 1 aromatic heterocycles. The fourth-order valence-corrected chi connectivity index (χ4v) is 3.50. The van der Waals surface area contributed by atoms with Crippen molar-refractivity contribution in [3.8, 4) is 11.5 Å². The van der Waals surface area contributed by atoms with Gasteiger partial charge in [-0.05, 0) is 30.2 Å². The average molecular weight is 371 g/mol. The van der Waals surface area contributed by atoms with E-state index in [1.165, 1.54) is 6.33 Å². The van der Waals surface area contributed by atoms with Crippen molar-refractivity contribution in [2.75, 3.05) is 39.9 Å². The van der Waals surface area contributed by atoms with Gasteiger partial charge in [-0.1, -0.05) is 0 Å². The van der Waals surface area contributed by atoms with Gasteiger partial charge in [0.05, 0.1) is 13.0 Å². The van der Waals surface area contributed by atoms with Crippen LogP contribution in [0.4, 0.5) is 0 Å². The molecule has 1 N–H and O–H groups in total. The Morgan fingerprint density at radius 3 is 2.70 bits per heavy atom. The summed E-state index contributed by atoms with van der Waals surface area (Å²) in [5.74, 6) is 1.44. The van der Waals surface area contributed by atoms with Gasteiger partial charge in [0.15, 0.2) is 0 Å². The summed E-state index contributed by atoms with van der Waals surface area (Å²) in [7, 11) is 1.62. The van der Waals surface area contributed by atoms with E-state index < -0.39 is 0 Å². The molecular weight excluding hydrogens is 350 g/mol. The van der Waals surface area contributed by atoms with Gasteiger partial charge >= 0.3 is 0 Å². The largest absolute Gasteiger partial charge is 0.497 e. The molecule has 1 unspecified atom stereocenters. The van der Waals surface area contributed by atoms with Crippen LogP contribution in [0, 0.1) is 5.92 Å². The van der Waals surface area contributed by atoms with Crippen LogP contribution in [-0.4, -0.2) is 76.7 Å². The third-order valence-electron chi connectivity index (χ3n) is 5.02. The summed E-state index contributed by atoms with van der Waals surface area (Å²) in [4.78, 5) is 32.6. The minimum atomic E-state index is -0.221. The minimum absolute atomic E-state index is 0.0650. The summed E-state index contributed by atoms with van der Waals surface area (Å²) in [5, 5.41) is 6.28. The van der Waals surface area contributed by atoms with Crippen LogP contribution in [-0.2, 0) is 11.2 Å². The van der Waals surface area contributed by atoms with Crippen molar-refractivity contribution in [2.45, 2.75) is 6.42 Å². The second kappa shape index (κ2) is 7.26. The maximum Gasteiger partial charge on any atom is 0.291 e. The number of amides is 2. The zero-order valence-corrected chi connectivity index (χ0v) is 15.1. The van der Waals surface area contributed by atoms with Gasteiger partial charge < -0.3 is 19.3 Å². The lowest BCUT2D eigenvalue weighted by atomic mass is 9.95. The molecule has 1 aromatic carbocycles. The highest BCUT2D eigenvalue weighted by Gasteiger charge is 2.32. The molecule has 2 aromatic rings. The first-order valence-electron chi connectivity index (χ1n) is 8.89. The summed E-state index contributed by atoms with van der Waals surface area (Å²) in [6.45, 7) is 2.32. The Labute approximate surface area is 156 Å². The quantitative estimate of drug-likeness (QED) is 0.836. The zero-order chi connectivity index (χ0) is 18.8. The molecule has 1 fully saturated rings. The number of aromatic nitrogens is 3. The number of fused-ring (bicyclic) bond motifs is 1. The van der Waals surface area contributed by atoms with Gasteiger partial charge in [-0.15, -0.1) is 0 Å². The first-order valence-corrected chi connectivity index (χ1v) is 8.89.